The number of benzene rings is 1. The molecule has 4 nitrogen and oxygen atoms in total. The van der Waals surface area contributed by atoms with E-state index in [4.69, 9.17) is 4.42 Å². The molecular formula is C22H23FN2O2S. The molecule has 1 fully saturated rings. The Balaban J connectivity index is 1.49. The number of thiazole rings is 1. The fourth-order valence-electron chi connectivity index (χ4n) is 3.76. The summed E-state index contributed by atoms with van der Waals surface area (Å²) in [7, 11) is 0. The van der Waals surface area contributed by atoms with Crippen LogP contribution in [-0.2, 0) is 17.8 Å². The van der Waals surface area contributed by atoms with Gasteiger partial charge >= 0.3 is 0 Å². The zero-order valence-electron chi connectivity index (χ0n) is 15.6. The average molecular weight is 399 g/mol. The van der Waals surface area contributed by atoms with E-state index in [1.807, 2.05) is 22.4 Å². The van der Waals surface area contributed by atoms with Gasteiger partial charge in [-0.15, -0.1) is 11.3 Å². The Morgan fingerprint density at radius 1 is 1.18 bits per heavy atom. The SMILES string of the molecule is O=C(Cc1csc(-c2ccco2)n1)N(Cc1ccc(F)cc1)C1CCCCC1. The molecule has 2 heterocycles. The van der Waals surface area contributed by atoms with Crippen LogP contribution < -0.4 is 0 Å². The van der Waals surface area contributed by atoms with Crippen LogP contribution in [0.5, 0.6) is 0 Å². The van der Waals surface area contributed by atoms with Crippen LogP contribution in [0, 0.1) is 5.82 Å². The minimum atomic E-state index is -0.257. The smallest absolute Gasteiger partial charge is 0.229 e. The van der Waals surface area contributed by atoms with Crippen molar-refractivity contribution in [3.63, 3.8) is 0 Å². The molecule has 1 aromatic carbocycles. The van der Waals surface area contributed by atoms with Crippen molar-refractivity contribution < 1.29 is 13.6 Å². The number of rotatable bonds is 6. The molecule has 146 valence electrons. The van der Waals surface area contributed by atoms with Crippen molar-refractivity contribution in [3.8, 4) is 10.8 Å². The first kappa shape index (κ1) is 18.9. The molecule has 0 bridgehead atoms. The summed E-state index contributed by atoms with van der Waals surface area (Å²) >= 11 is 1.48. The van der Waals surface area contributed by atoms with Crippen LogP contribution in [0.3, 0.4) is 0 Å². The molecule has 0 unspecified atom stereocenters. The van der Waals surface area contributed by atoms with E-state index in [9.17, 15) is 9.18 Å². The molecule has 0 N–H and O–H groups in total. The van der Waals surface area contributed by atoms with Crippen LogP contribution >= 0.6 is 11.3 Å². The number of carbonyl (C=O) groups is 1. The van der Waals surface area contributed by atoms with Gasteiger partial charge in [0.15, 0.2) is 10.8 Å². The highest BCUT2D eigenvalue weighted by molar-refractivity contribution is 7.13. The summed E-state index contributed by atoms with van der Waals surface area (Å²) in [6, 6.07) is 10.4. The van der Waals surface area contributed by atoms with Crippen LogP contribution in [0.25, 0.3) is 10.8 Å². The maximum atomic E-state index is 13.2. The van der Waals surface area contributed by atoms with Gasteiger partial charge in [-0.2, -0.15) is 0 Å². The number of hydrogen-bond acceptors (Lipinski definition) is 4. The Morgan fingerprint density at radius 2 is 1.96 bits per heavy atom. The zero-order valence-corrected chi connectivity index (χ0v) is 16.5. The monoisotopic (exact) mass is 398 g/mol. The van der Waals surface area contributed by atoms with E-state index in [0.717, 1.165) is 47.7 Å². The molecule has 0 saturated heterocycles. The maximum absolute atomic E-state index is 13.2. The molecule has 1 amide bonds. The van der Waals surface area contributed by atoms with E-state index in [0.29, 0.717) is 6.54 Å². The average Bonchev–Trinajstić information content (AvgIpc) is 3.40. The highest BCUT2D eigenvalue weighted by Gasteiger charge is 2.26. The van der Waals surface area contributed by atoms with E-state index >= 15 is 0 Å². The van der Waals surface area contributed by atoms with Gasteiger partial charge in [0.2, 0.25) is 5.91 Å². The van der Waals surface area contributed by atoms with Crippen molar-refractivity contribution in [2.24, 2.45) is 0 Å². The predicted molar refractivity (Wildman–Crippen MR) is 107 cm³/mol. The van der Waals surface area contributed by atoms with Gasteiger partial charge in [-0.1, -0.05) is 31.4 Å². The predicted octanol–water partition coefficient (Wildman–Crippen LogP) is 5.45. The third-order valence-corrected chi connectivity index (χ3v) is 6.12. The van der Waals surface area contributed by atoms with Gasteiger partial charge in [0, 0.05) is 18.0 Å². The number of amides is 1. The molecule has 0 radical (unpaired) electrons. The Hall–Kier alpha value is -2.47. The van der Waals surface area contributed by atoms with Crippen LogP contribution in [0.2, 0.25) is 0 Å². The molecule has 28 heavy (non-hydrogen) atoms. The highest BCUT2D eigenvalue weighted by atomic mass is 32.1. The number of carbonyl (C=O) groups excluding carboxylic acids is 1. The second kappa shape index (κ2) is 8.69. The standard InChI is InChI=1S/C22H23FN2O2S/c23-17-10-8-16(9-11-17)14-25(19-5-2-1-3-6-19)21(26)13-18-15-28-22(24-18)20-7-4-12-27-20/h4,7-12,15,19H,1-3,5-6,13-14H2. The van der Waals surface area contributed by atoms with E-state index < -0.39 is 0 Å². The lowest BCUT2D eigenvalue weighted by atomic mass is 9.93. The van der Waals surface area contributed by atoms with Crippen LogP contribution in [0.15, 0.2) is 52.5 Å². The van der Waals surface area contributed by atoms with Crippen LogP contribution in [0.1, 0.15) is 43.4 Å². The van der Waals surface area contributed by atoms with Gasteiger partial charge in [0.1, 0.15) is 5.82 Å². The first-order valence-corrected chi connectivity index (χ1v) is 10.6. The Bertz CT molecular complexity index is 899. The quantitative estimate of drug-likeness (QED) is 0.555. The lowest BCUT2D eigenvalue weighted by molar-refractivity contribution is -0.134. The van der Waals surface area contributed by atoms with Crippen molar-refractivity contribution in [2.75, 3.05) is 0 Å². The summed E-state index contributed by atoms with van der Waals surface area (Å²) in [6.45, 7) is 0.513. The number of furan rings is 1. The lowest BCUT2D eigenvalue weighted by Gasteiger charge is -2.34. The van der Waals surface area contributed by atoms with Gasteiger partial charge in [0.25, 0.3) is 0 Å². The van der Waals surface area contributed by atoms with Crippen molar-refractivity contribution >= 4 is 17.2 Å². The summed E-state index contributed by atoms with van der Waals surface area (Å²) in [5, 5.41) is 2.71. The van der Waals surface area contributed by atoms with E-state index in [-0.39, 0.29) is 24.2 Å². The second-order valence-electron chi connectivity index (χ2n) is 7.24. The highest BCUT2D eigenvalue weighted by Crippen LogP contribution is 2.27. The summed E-state index contributed by atoms with van der Waals surface area (Å²) in [4.78, 5) is 19.7. The Kier molecular flexibility index (Phi) is 5.86. The topological polar surface area (TPSA) is 46.3 Å². The fraction of sp³-hybridized carbons (Fsp3) is 0.364. The number of halogens is 1. The molecule has 4 rings (SSSR count). The number of nitrogens with zero attached hydrogens (tertiary/aromatic N) is 2. The van der Waals surface area contributed by atoms with E-state index in [2.05, 4.69) is 4.98 Å². The summed E-state index contributed by atoms with van der Waals surface area (Å²) < 4.78 is 18.6. The number of hydrogen-bond donors (Lipinski definition) is 0. The first-order valence-electron chi connectivity index (χ1n) is 9.71. The second-order valence-corrected chi connectivity index (χ2v) is 8.10. The molecule has 1 aliphatic rings. The molecule has 6 heteroatoms. The maximum Gasteiger partial charge on any atom is 0.229 e. The van der Waals surface area contributed by atoms with Crippen molar-refractivity contribution in [3.05, 3.63) is 65.1 Å². The zero-order chi connectivity index (χ0) is 19.3. The molecule has 0 atom stereocenters. The van der Waals surface area contributed by atoms with Crippen molar-refractivity contribution in [1.29, 1.82) is 0 Å². The third kappa shape index (κ3) is 4.50. The molecule has 1 saturated carbocycles. The van der Waals surface area contributed by atoms with Crippen molar-refractivity contribution in [2.45, 2.75) is 51.1 Å². The molecule has 3 aromatic rings. The van der Waals surface area contributed by atoms with Gasteiger partial charge in [-0.3, -0.25) is 4.79 Å². The normalized spacial score (nSPS) is 14.9. The van der Waals surface area contributed by atoms with Gasteiger partial charge in [-0.25, -0.2) is 9.37 Å². The molecule has 0 aliphatic heterocycles. The molecule has 1 aliphatic carbocycles. The van der Waals surface area contributed by atoms with Gasteiger partial charge < -0.3 is 9.32 Å². The fourth-order valence-corrected chi connectivity index (χ4v) is 4.54. The Labute approximate surface area is 168 Å². The first-order chi connectivity index (χ1) is 13.7. The minimum Gasteiger partial charge on any atom is -0.462 e. The Morgan fingerprint density at radius 3 is 2.68 bits per heavy atom. The van der Waals surface area contributed by atoms with Gasteiger partial charge in [0.05, 0.1) is 18.4 Å². The summed E-state index contributed by atoms with van der Waals surface area (Å²) in [5.74, 6) is 0.541. The molecular weight excluding hydrogens is 375 g/mol. The van der Waals surface area contributed by atoms with E-state index in [1.54, 1.807) is 18.4 Å². The van der Waals surface area contributed by atoms with Gasteiger partial charge in [-0.05, 0) is 42.7 Å². The minimum absolute atomic E-state index is 0.0764. The number of aromatic nitrogens is 1. The van der Waals surface area contributed by atoms with Crippen molar-refractivity contribution in [1.82, 2.24) is 9.88 Å². The largest absolute Gasteiger partial charge is 0.462 e. The molecule has 0 spiro atoms. The third-order valence-electron chi connectivity index (χ3n) is 5.22. The molecule has 2 aromatic heterocycles. The van der Waals surface area contributed by atoms with Crippen LogP contribution in [-0.4, -0.2) is 21.8 Å². The summed E-state index contributed by atoms with van der Waals surface area (Å²) in [6.07, 6.45) is 7.48. The van der Waals surface area contributed by atoms with E-state index in [1.165, 1.54) is 29.9 Å². The van der Waals surface area contributed by atoms with Crippen LogP contribution in [0.4, 0.5) is 4.39 Å². The summed E-state index contributed by atoms with van der Waals surface area (Å²) in [5.41, 5.74) is 1.72. The lowest BCUT2D eigenvalue weighted by Crippen LogP contribution is -2.41.